The van der Waals surface area contributed by atoms with Crippen LogP contribution >= 0.6 is 11.6 Å². The highest BCUT2D eigenvalue weighted by Crippen LogP contribution is 2.44. The molecule has 0 amide bonds. The summed E-state index contributed by atoms with van der Waals surface area (Å²) in [5, 5.41) is 0.0548. The van der Waals surface area contributed by atoms with Crippen LogP contribution in [0.15, 0.2) is 0 Å². The van der Waals surface area contributed by atoms with Gasteiger partial charge in [0.05, 0.1) is 5.60 Å². The van der Waals surface area contributed by atoms with Crippen molar-refractivity contribution in [3.05, 3.63) is 0 Å². The second-order valence-electron chi connectivity index (χ2n) is 7.39. The van der Waals surface area contributed by atoms with Crippen LogP contribution in [0, 0.1) is 5.92 Å². The van der Waals surface area contributed by atoms with E-state index in [9.17, 15) is 4.79 Å². The number of halogens is 1. The Morgan fingerprint density at radius 1 is 1.28 bits per heavy atom. The zero-order valence-electron chi connectivity index (χ0n) is 12.6. The molecule has 0 atom stereocenters. The second kappa shape index (κ2) is 5.26. The Labute approximate surface area is 118 Å². The highest BCUT2D eigenvalue weighted by Gasteiger charge is 2.44. The molecule has 0 aromatic rings. The summed E-state index contributed by atoms with van der Waals surface area (Å²) in [5.41, 5.74) is -0.0636. The minimum atomic E-state index is -1.73. The van der Waals surface area contributed by atoms with Crippen molar-refractivity contribution in [1.82, 2.24) is 0 Å². The predicted molar refractivity (Wildman–Crippen MR) is 79.5 cm³/mol. The molecule has 0 spiro atoms. The third-order valence-corrected chi connectivity index (χ3v) is 9.60. The molecule has 1 aliphatic carbocycles. The molecule has 4 heteroatoms. The third kappa shape index (κ3) is 3.81. The van der Waals surface area contributed by atoms with Crippen molar-refractivity contribution in [1.29, 1.82) is 0 Å². The van der Waals surface area contributed by atoms with Gasteiger partial charge in [0.25, 0.3) is 0 Å². The summed E-state index contributed by atoms with van der Waals surface area (Å²) in [6.07, 6.45) is 3.63. The molecule has 0 saturated heterocycles. The van der Waals surface area contributed by atoms with Crippen LogP contribution in [0.2, 0.25) is 18.1 Å². The average Bonchev–Trinajstić information content (AvgIpc) is 2.14. The van der Waals surface area contributed by atoms with Crippen LogP contribution < -0.4 is 0 Å². The van der Waals surface area contributed by atoms with Crippen molar-refractivity contribution in [2.24, 2.45) is 5.92 Å². The lowest BCUT2D eigenvalue weighted by molar-refractivity contribution is -0.117. The van der Waals surface area contributed by atoms with Crippen molar-refractivity contribution in [2.45, 2.75) is 77.1 Å². The fraction of sp³-hybridized carbons (Fsp3) is 0.929. The molecule has 0 unspecified atom stereocenters. The van der Waals surface area contributed by atoms with Crippen molar-refractivity contribution in [3.63, 3.8) is 0 Å². The lowest BCUT2D eigenvalue weighted by Gasteiger charge is -2.46. The summed E-state index contributed by atoms with van der Waals surface area (Å²) in [6.45, 7) is 13.6. The van der Waals surface area contributed by atoms with Gasteiger partial charge in [-0.15, -0.1) is 0 Å². The quantitative estimate of drug-likeness (QED) is 0.555. The molecule has 1 aliphatic rings. The summed E-state index contributed by atoms with van der Waals surface area (Å²) in [5.74, 6) is 0.0442. The summed E-state index contributed by atoms with van der Waals surface area (Å²) >= 11 is 5.58. The monoisotopic (exact) mass is 290 g/mol. The molecule has 0 aliphatic heterocycles. The summed E-state index contributed by atoms with van der Waals surface area (Å²) in [4.78, 5) is 11.2. The standard InChI is InChI=1S/C14H27ClO2Si/c1-13(2,3)18(5,6)17-14(4)9-7-11(8-10-14)12(15)16/h11H,7-10H2,1-6H3. The fourth-order valence-corrected chi connectivity index (χ4v) is 4.29. The van der Waals surface area contributed by atoms with Gasteiger partial charge in [-0.3, -0.25) is 4.79 Å². The highest BCUT2D eigenvalue weighted by atomic mass is 35.5. The first-order valence-corrected chi connectivity index (χ1v) is 10.1. The van der Waals surface area contributed by atoms with Crippen LogP contribution in [-0.2, 0) is 9.22 Å². The summed E-state index contributed by atoms with van der Waals surface area (Å²) < 4.78 is 6.54. The van der Waals surface area contributed by atoms with Gasteiger partial charge in [-0.05, 0) is 62.3 Å². The maximum atomic E-state index is 11.2. The molecule has 1 fully saturated rings. The first-order valence-electron chi connectivity index (χ1n) is 6.86. The van der Waals surface area contributed by atoms with Crippen LogP contribution in [0.1, 0.15) is 53.4 Å². The Kier molecular flexibility index (Phi) is 4.73. The minimum absolute atomic E-state index is 0.0442. The second-order valence-corrected chi connectivity index (χ2v) is 12.5. The molecule has 1 rings (SSSR count). The van der Waals surface area contributed by atoms with Crippen LogP contribution in [0.3, 0.4) is 0 Å². The van der Waals surface area contributed by atoms with Crippen LogP contribution in [0.4, 0.5) is 0 Å². The molecule has 2 nitrogen and oxygen atoms in total. The topological polar surface area (TPSA) is 26.3 Å². The van der Waals surface area contributed by atoms with Gasteiger partial charge >= 0.3 is 0 Å². The van der Waals surface area contributed by atoms with Crippen molar-refractivity contribution < 1.29 is 9.22 Å². The van der Waals surface area contributed by atoms with Gasteiger partial charge in [-0.2, -0.15) is 0 Å². The Morgan fingerprint density at radius 3 is 2.06 bits per heavy atom. The normalized spacial score (nSPS) is 30.3. The Hall–Kier alpha value is 0.137. The third-order valence-electron chi connectivity index (χ3n) is 4.67. The molecular formula is C14H27ClO2Si. The molecule has 106 valence electrons. The van der Waals surface area contributed by atoms with E-state index in [1.165, 1.54) is 0 Å². The van der Waals surface area contributed by atoms with Crippen molar-refractivity contribution in [3.8, 4) is 0 Å². The van der Waals surface area contributed by atoms with Gasteiger partial charge in [-0.1, -0.05) is 20.8 Å². The zero-order valence-corrected chi connectivity index (χ0v) is 14.4. The maximum absolute atomic E-state index is 11.2. The largest absolute Gasteiger partial charge is 0.412 e. The van der Waals surface area contributed by atoms with E-state index in [0.29, 0.717) is 0 Å². The number of hydrogen-bond acceptors (Lipinski definition) is 2. The van der Waals surface area contributed by atoms with Gasteiger partial charge in [0.1, 0.15) is 0 Å². The minimum Gasteiger partial charge on any atom is -0.412 e. The van der Waals surface area contributed by atoms with E-state index in [-0.39, 0.29) is 21.8 Å². The average molecular weight is 291 g/mol. The van der Waals surface area contributed by atoms with E-state index in [1.54, 1.807) is 0 Å². The van der Waals surface area contributed by atoms with Crippen molar-refractivity contribution >= 4 is 25.2 Å². The van der Waals surface area contributed by atoms with E-state index in [4.69, 9.17) is 16.0 Å². The van der Waals surface area contributed by atoms with E-state index in [0.717, 1.165) is 25.7 Å². The van der Waals surface area contributed by atoms with Crippen molar-refractivity contribution in [2.75, 3.05) is 0 Å². The van der Waals surface area contributed by atoms with Gasteiger partial charge in [0, 0.05) is 5.92 Å². The molecule has 0 heterocycles. The van der Waals surface area contributed by atoms with Gasteiger partial charge in [-0.25, -0.2) is 0 Å². The molecule has 0 N–H and O–H groups in total. The van der Waals surface area contributed by atoms with Gasteiger partial charge in [0.2, 0.25) is 5.24 Å². The highest BCUT2D eigenvalue weighted by molar-refractivity contribution is 6.74. The van der Waals surface area contributed by atoms with Gasteiger partial charge in [0.15, 0.2) is 8.32 Å². The maximum Gasteiger partial charge on any atom is 0.224 e. The van der Waals surface area contributed by atoms with Crippen LogP contribution in [-0.4, -0.2) is 19.2 Å². The molecule has 0 aromatic carbocycles. The van der Waals surface area contributed by atoms with Crippen LogP contribution in [0.5, 0.6) is 0 Å². The smallest absolute Gasteiger partial charge is 0.224 e. The first-order chi connectivity index (χ1) is 7.97. The van der Waals surface area contributed by atoms with Crippen LogP contribution in [0.25, 0.3) is 0 Å². The Morgan fingerprint density at radius 2 is 1.72 bits per heavy atom. The van der Waals surface area contributed by atoms with E-state index in [2.05, 4.69) is 40.8 Å². The molecule has 18 heavy (non-hydrogen) atoms. The van der Waals surface area contributed by atoms with E-state index < -0.39 is 8.32 Å². The SMILES string of the molecule is CC1(O[Si](C)(C)C(C)(C)C)CCC(C(=O)Cl)CC1. The summed E-state index contributed by atoms with van der Waals surface area (Å²) in [7, 11) is -1.73. The number of carbonyl (C=O) groups excluding carboxylic acids is 1. The molecule has 1 saturated carbocycles. The Bertz CT molecular complexity index is 312. The molecule has 0 radical (unpaired) electrons. The molecule has 0 bridgehead atoms. The van der Waals surface area contributed by atoms with E-state index >= 15 is 0 Å². The lowest BCUT2D eigenvalue weighted by Crippen LogP contribution is -2.50. The first kappa shape index (κ1) is 16.2. The van der Waals surface area contributed by atoms with Gasteiger partial charge < -0.3 is 4.43 Å². The molecular weight excluding hydrogens is 264 g/mol. The zero-order chi connectivity index (χ0) is 14.2. The van der Waals surface area contributed by atoms with E-state index in [1.807, 2.05) is 0 Å². The lowest BCUT2D eigenvalue weighted by atomic mass is 9.80. The fourth-order valence-electron chi connectivity index (χ4n) is 2.33. The molecule has 0 aromatic heterocycles. The number of carbonyl (C=O) groups is 1. The number of hydrogen-bond donors (Lipinski definition) is 0. The summed E-state index contributed by atoms with van der Waals surface area (Å²) in [6, 6.07) is 0. The number of rotatable bonds is 3. The predicted octanol–water partition coefficient (Wildman–Crippen LogP) is 4.72. The Balaban J connectivity index is 2.66.